The van der Waals surface area contributed by atoms with Gasteiger partial charge in [0.25, 0.3) is 0 Å². The van der Waals surface area contributed by atoms with Gasteiger partial charge in [0, 0.05) is 23.2 Å². The van der Waals surface area contributed by atoms with Crippen LogP contribution in [0.3, 0.4) is 0 Å². The van der Waals surface area contributed by atoms with E-state index in [9.17, 15) is 9.59 Å². The quantitative estimate of drug-likeness (QED) is 0.649. The van der Waals surface area contributed by atoms with Crippen molar-refractivity contribution in [2.45, 2.75) is 13.3 Å². The molecule has 2 aromatic carbocycles. The van der Waals surface area contributed by atoms with Gasteiger partial charge in [0.2, 0.25) is 5.91 Å². The monoisotopic (exact) mass is 309 g/mol. The van der Waals surface area contributed by atoms with E-state index in [0.29, 0.717) is 23.4 Å². The Hall–Kier alpha value is -2.88. The van der Waals surface area contributed by atoms with E-state index in [1.54, 1.807) is 44.4 Å². The van der Waals surface area contributed by atoms with Gasteiger partial charge in [-0.3, -0.25) is 9.59 Å². The van der Waals surface area contributed by atoms with Crippen molar-refractivity contribution in [1.82, 2.24) is 0 Å². The zero-order valence-corrected chi connectivity index (χ0v) is 13.2. The van der Waals surface area contributed by atoms with Crippen molar-refractivity contribution in [2.75, 3.05) is 12.4 Å². The number of methoxy groups -OCH3 is 1. The number of anilines is 1. The molecule has 0 aliphatic carbocycles. The Kier molecular flexibility index (Phi) is 5.69. The smallest absolute Gasteiger partial charge is 0.224 e. The molecule has 0 heterocycles. The van der Waals surface area contributed by atoms with Crippen molar-refractivity contribution in [3.63, 3.8) is 0 Å². The van der Waals surface area contributed by atoms with E-state index in [2.05, 4.69) is 5.32 Å². The molecule has 0 radical (unpaired) electrons. The van der Waals surface area contributed by atoms with Gasteiger partial charge in [0.15, 0.2) is 5.78 Å². The standard InChI is InChI=1S/C19H19NO3/c1-3-19(22)20-16-11-8-14(9-12-16)17(21)13-10-15-6-4-5-7-18(15)23-2/h4-13H,3H2,1-2H3,(H,20,22)/b13-10+. The fourth-order valence-electron chi connectivity index (χ4n) is 2.03. The van der Waals surface area contributed by atoms with Crippen molar-refractivity contribution in [2.24, 2.45) is 0 Å². The number of carbonyl (C=O) groups is 2. The molecule has 0 unspecified atom stereocenters. The molecule has 1 N–H and O–H groups in total. The molecule has 0 saturated heterocycles. The summed E-state index contributed by atoms with van der Waals surface area (Å²) in [6.07, 6.45) is 3.66. The van der Waals surface area contributed by atoms with E-state index in [0.717, 1.165) is 5.56 Å². The Bertz CT molecular complexity index is 718. The van der Waals surface area contributed by atoms with Crippen molar-refractivity contribution < 1.29 is 14.3 Å². The van der Waals surface area contributed by atoms with Gasteiger partial charge < -0.3 is 10.1 Å². The maximum Gasteiger partial charge on any atom is 0.224 e. The van der Waals surface area contributed by atoms with Gasteiger partial charge >= 0.3 is 0 Å². The number of benzene rings is 2. The first-order valence-electron chi connectivity index (χ1n) is 7.39. The van der Waals surface area contributed by atoms with Crippen molar-refractivity contribution in [3.8, 4) is 5.75 Å². The summed E-state index contributed by atoms with van der Waals surface area (Å²) in [5.41, 5.74) is 2.09. The molecule has 2 aromatic rings. The molecular formula is C19H19NO3. The summed E-state index contributed by atoms with van der Waals surface area (Å²) in [4.78, 5) is 23.5. The predicted molar refractivity (Wildman–Crippen MR) is 91.7 cm³/mol. The fraction of sp³-hybridized carbons (Fsp3) is 0.158. The number of carbonyl (C=O) groups excluding carboxylic acids is 2. The Morgan fingerprint density at radius 1 is 1.09 bits per heavy atom. The Morgan fingerprint density at radius 2 is 1.78 bits per heavy atom. The number of allylic oxidation sites excluding steroid dienone is 1. The average molecular weight is 309 g/mol. The fourth-order valence-corrected chi connectivity index (χ4v) is 2.03. The summed E-state index contributed by atoms with van der Waals surface area (Å²) < 4.78 is 5.24. The average Bonchev–Trinajstić information content (AvgIpc) is 2.60. The molecule has 23 heavy (non-hydrogen) atoms. The molecule has 0 spiro atoms. The molecule has 1 amide bonds. The predicted octanol–water partition coefficient (Wildman–Crippen LogP) is 3.94. The maximum absolute atomic E-state index is 12.2. The lowest BCUT2D eigenvalue weighted by atomic mass is 10.1. The van der Waals surface area contributed by atoms with Crippen LogP contribution in [-0.2, 0) is 4.79 Å². The third-order valence-electron chi connectivity index (χ3n) is 3.33. The van der Waals surface area contributed by atoms with Gasteiger partial charge in [-0.05, 0) is 42.5 Å². The number of hydrogen-bond donors (Lipinski definition) is 1. The minimum absolute atomic E-state index is 0.0554. The van der Waals surface area contributed by atoms with Crippen LogP contribution in [-0.4, -0.2) is 18.8 Å². The van der Waals surface area contributed by atoms with Crippen molar-refractivity contribution >= 4 is 23.5 Å². The number of ketones is 1. The highest BCUT2D eigenvalue weighted by molar-refractivity contribution is 6.07. The largest absolute Gasteiger partial charge is 0.496 e. The topological polar surface area (TPSA) is 55.4 Å². The molecule has 0 fully saturated rings. The molecular weight excluding hydrogens is 290 g/mol. The van der Waals surface area contributed by atoms with Gasteiger partial charge in [0.05, 0.1) is 7.11 Å². The van der Waals surface area contributed by atoms with Crippen molar-refractivity contribution in [3.05, 3.63) is 65.7 Å². The number of amides is 1. The first-order valence-corrected chi connectivity index (χ1v) is 7.39. The normalized spacial score (nSPS) is 10.5. The Balaban J connectivity index is 2.08. The number of ether oxygens (including phenoxy) is 1. The number of hydrogen-bond acceptors (Lipinski definition) is 3. The lowest BCUT2D eigenvalue weighted by molar-refractivity contribution is -0.115. The zero-order chi connectivity index (χ0) is 16.7. The van der Waals surface area contributed by atoms with E-state index in [-0.39, 0.29) is 11.7 Å². The highest BCUT2D eigenvalue weighted by atomic mass is 16.5. The summed E-state index contributed by atoms with van der Waals surface area (Å²) >= 11 is 0. The van der Waals surface area contributed by atoms with Gasteiger partial charge in [-0.2, -0.15) is 0 Å². The summed E-state index contributed by atoms with van der Waals surface area (Å²) in [6, 6.07) is 14.3. The molecule has 118 valence electrons. The zero-order valence-electron chi connectivity index (χ0n) is 13.2. The molecule has 0 bridgehead atoms. The molecule has 0 aliphatic heterocycles. The van der Waals surface area contributed by atoms with Gasteiger partial charge in [-0.1, -0.05) is 25.1 Å². The number of rotatable bonds is 6. The molecule has 4 heteroatoms. The highest BCUT2D eigenvalue weighted by Gasteiger charge is 2.04. The number of nitrogens with one attached hydrogen (secondary N) is 1. The second-order valence-electron chi connectivity index (χ2n) is 4.92. The van der Waals surface area contributed by atoms with Crippen LogP contribution < -0.4 is 10.1 Å². The first kappa shape index (κ1) is 16.5. The Labute approximate surface area is 135 Å². The van der Waals surface area contributed by atoms with E-state index in [1.165, 1.54) is 6.08 Å². The summed E-state index contributed by atoms with van der Waals surface area (Å²) in [6.45, 7) is 1.79. The molecule has 2 rings (SSSR count). The summed E-state index contributed by atoms with van der Waals surface area (Å²) in [5.74, 6) is 0.554. The molecule has 0 aromatic heterocycles. The minimum Gasteiger partial charge on any atom is -0.496 e. The SMILES string of the molecule is CCC(=O)Nc1ccc(C(=O)/C=C/c2ccccc2OC)cc1. The van der Waals surface area contributed by atoms with Crippen LogP contribution in [0.15, 0.2) is 54.6 Å². The second-order valence-corrected chi connectivity index (χ2v) is 4.92. The lowest BCUT2D eigenvalue weighted by Gasteiger charge is -2.04. The van der Waals surface area contributed by atoms with Crippen LogP contribution in [0, 0.1) is 0 Å². The van der Waals surface area contributed by atoms with Crippen LogP contribution in [0.5, 0.6) is 5.75 Å². The van der Waals surface area contributed by atoms with E-state index >= 15 is 0 Å². The van der Waals surface area contributed by atoms with Crippen LogP contribution in [0.25, 0.3) is 6.08 Å². The molecule has 0 atom stereocenters. The number of para-hydroxylation sites is 1. The summed E-state index contributed by atoms with van der Waals surface area (Å²) in [7, 11) is 1.60. The van der Waals surface area contributed by atoms with Gasteiger partial charge in [-0.25, -0.2) is 0 Å². The highest BCUT2D eigenvalue weighted by Crippen LogP contribution is 2.19. The minimum atomic E-state index is -0.107. The van der Waals surface area contributed by atoms with E-state index in [1.807, 2.05) is 24.3 Å². The van der Waals surface area contributed by atoms with Crippen LogP contribution >= 0.6 is 0 Å². The second kappa shape index (κ2) is 7.94. The van der Waals surface area contributed by atoms with E-state index in [4.69, 9.17) is 4.74 Å². The molecule has 4 nitrogen and oxygen atoms in total. The maximum atomic E-state index is 12.2. The first-order chi connectivity index (χ1) is 11.1. The summed E-state index contributed by atoms with van der Waals surface area (Å²) in [5, 5.41) is 2.75. The lowest BCUT2D eigenvalue weighted by Crippen LogP contribution is -2.09. The third-order valence-corrected chi connectivity index (χ3v) is 3.33. The van der Waals surface area contributed by atoms with Crippen molar-refractivity contribution in [1.29, 1.82) is 0 Å². The third kappa shape index (κ3) is 4.54. The molecule has 0 aliphatic rings. The van der Waals surface area contributed by atoms with Gasteiger partial charge in [-0.15, -0.1) is 0 Å². The molecule has 0 saturated carbocycles. The van der Waals surface area contributed by atoms with Crippen LogP contribution in [0.1, 0.15) is 29.3 Å². The van der Waals surface area contributed by atoms with Crippen LogP contribution in [0.4, 0.5) is 5.69 Å². The van der Waals surface area contributed by atoms with Gasteiger partial charge in [0.1, 0.15) is 5.75 Å². The Morgan fingerprint density at radius 3 is 2.43 bits per heavy atom. The van der Waals surface area contributed by atoms with Crippen LogP contribution in [0.2, 0.25) is 0 Å². The van der Waals surface area contributed by atoms with E-state index < -0.39 is 0 Å².